The molecule has 0 spiro atoms. The number of rotatable bonds is 2. The molecule has 0 amide bonds. The highest BCUT2D eigenvalue weighted by molar-refractivity contribution is 5.97. The minimum Gasteiger partial charge on any atom is -0.427 e. The number of aromatic nitrogens is 3. The van der Waals surface area contributed by atoms with Crippen molar-refractivity contribution in [1.82, 2.24) is 15.0 Å². The zero-order valence-electron chi connectivity index (χ0n) is 16.2. The van der Waals surface area contributed by atoms with Crippen molar-refractivity contribution in [3.8, 4) is 17.3 Å². The van der Waals surface area contributed by atoms with Crippen LogP contribution in [0.2, 0.25) is 0 Å². The van der Waals surface area contributed by atoms with Crippen molar-refractivity contribution in [2.45, 2.75) is 26.0 Å². The Balaban J connectivity index is 1.76. The third kappa shape index (κ3) is 3.17. The van der Waals surface area contributed by atoms with Gasteiger partial charge in [0.05, 0.1) is 41.4 Å². The summed E-state index contributed by atoms with van der Waals surface area (Å²) in [6, 6.07) is 17.1. The molecule has 7 nitrogen and oxygen atoms in total. The van der Waals surface area contributed by atoms with Gasteiger partial charge in [0.25, 0.3) is 0 Å². The molecule has 0 bridgehead atoms. The van der Waals surface area contributed by atoms with Gasteiger partial charge in [-0.1, -0.05) is 35.5 Å². The van der Waals surface area contributed by atoms with Gasteiger partial charge in [-0.2, -0.15) is 5.26 Å². The third-order valence-electron chi connectivity index (χ3n) is 5.31. The summed E-state index contributed by atoms with van der Waals surface area (Å²) in [6.07, 6.45) is 1.26. The molecule has 0 saturated heterocycles. The van der Waals surface area contributed by atoms with Gasteiger partial charge in [0.2, 0.25) is 0 Å². The summed E-state index contributed by atoms with van der Waals surface area (Å²) in [5.41, 5.74) is 3.34. The van der Waals surface area contributed by atoms with Crippen molar-refractivity contribution in [3.63, 3.8) is 0 Å². The van der Waals surface area contributed by atoms with E-state index in [0.717, 1.165) is 23.2 Å². The van der Waals surface area contributed by atoms with Crippen molar-refractivity contribution in [2.75, 3.05) is 6.61 Å². The molecule has 2 aromatic carbocycles. The first kappa shape index (κ1) is 18.3. The van der Waals surface area contributed by atoms with Crippen LogP contribution in [0, 0.1) is 11.3 Å². The Morgan fingerprint density at radius 3 is 2.83 bits per heavy atom. The number of nitrogens with zero attached hydrogens (tertiary/aromatic N) is 4. The average Bonchev–Trinajstić information content (AvgIpc) is 3.18. The lowest BCUT2D eigenvalue weighted by Gasteiger charge is -2.11. The van der Waals surface area contributed by atoms with Crippen molar-refractivity contribution < 1.29 is 9.15 Å². The predicted molar refractivity (Wildman–Crippen MR) is 110 cm³/mol. The normalized spacial score (nSPS) is 13.6. The molecule has 0 aliphatic carbocycles. The first-order chi connectivity index (χ1) is 14.7. The fourth-order valence-electron chi connectivity index (χ4n) is 3.86. The number of hydrogen-bond donors (Lipinski definition) is 0. The largest absolute Gasteiger partial charge is 0.427 e. The second kappa shape index (κ2) is 7.58. The molecule has 1 aliphatic rings. The van der Waals surface area contributed by atoms with Crippen molar-refractivity contribution in [1.29, 1.82) is 5.26 Å². The molecule has 3 heterocycles. The standard InChI is InChI=1S/C23H18N4O3/c24-12-16-8-9-17-18(11-16)21-20(30-23(17)28)7-4-10-29-14-19-22(21)25-26-27(19)13-15-5-2-1-3-6-15/h1-3,5-6,8-9,11H,4,7,10,13-14H2. The van der Waals surface area contributed by atoms with Gasteiger partial charge in [-0.05, 0) is 30.2 Å². The Bertz CT molecular complexity index is 1330. The molecular formula is C23H18N4O3. The fraction of sp³-hybridized carbons (Fsp3) is 0.217. The maximum Gasteiger partial charge on any atom is 0.343 e. The van der Waals surface area contributed by atoms with Crippen LogP contribution in [0.3, 0.4) is 0 Å². The van der Waals surface area contributed by atoms with E-state index >= 15 is 0 Å². The summed E-state index contributed by atoms with van der Waals surface area (Å²) in [7, 11) is 0. The molecule has 1 aliphatic heterocycles. The van der Waals surface area contributed by atoms with E-state index in [0.29, 0.717) is 54.0 Å². The highest BCUT2D eigenvalue weighted by Gasteiger charge is 2.24. The molecule has 0 radical (unpaired) electrons. The monoisotopic (exact) mass is 398 g/mol. The van der Waals surface area contributed by atoms with Gasteiger partial charge in [0, 0.05) is 18.4 Å². The van der Waals surface area contributed by atoms with E-state index in [1.54, 1.807) is 18.2 Å². The van der Waals surface area contributed by atoms with Crippen LogP contribution < -0.4 is 5.63 Å². The van der Waals surface area contributed by atoms with E-state index in [-0.39, 0.29) is 0 Å². The molecular weight excluding hydrogens is 380 g/mol. The molecule has 148 valence electrons. The minimum atomic E-state index is -0.411. The highest BCUT2D eigenvalue weighted by atomic mass is 16.5. The van der Waals surface area contributed by atoms with Gasteiger partial charge in [-0.15, -0.1) is 5.10 Å². The Morgan fingerprint density at radius 1 is 1.13 bits per heavy atom. The second-order valence-electron chi connectivity index (χ2n) is 7.24. The van der Waals surface area contributed by atoms with E-state index < -0.39 is 5.63 Å². The van der Waals surface area contributed by atoms with E-state index in [4.69, 9.17) is 9.15 Å². The first-order valence-corrected chi connectivity index (χ1v) is 9.79. The van der Waals surface area contributed by atoms with Gasteiger partial charge >= 0.3 is 5.63 Å². The van der Waals surface area contributed by atoms with E-state index in [1.165, 1.54) is 0 Å². The predicted octanol–water partition coefficient (Wildman–Crippen LogP) is 3.43. The average molecular weight is 398 g/mol. The van der Waals surface area contributed by atoms with Gasteiger partial charge in [0.15, 0.2) is 0 Å². The zero-order chi connectivity index (χ0) is 20.5. The zero-order valence-corrected chi connectivity index (χ0v) is 16.2. The number of hydrogen-bond acceptors (Lipinski definition) is 6. The summed E-state index contributed by atoms with van der Waals surface area (Å²) >= 11 is 0. The van der Waals surface area contributed by atoms with E-state index in [1.807, 2.05) is 35.0 Å². The van der Waals surface area contributed by atoms with Crippen LogP contribution in [0.25, 0.3) is 22.0 Å². The number of benzene rings is 2. The topological polar surface area (TPSA) is 93.9 Å². The van der Waals surface area contributed by atoms with Gasteiger partial charge in [-0.25, -0.2) is 9.48 Å². The van der Waals surface area contributed by atoms with Crippen LogP contribution in [0.1, 0.15) is 29.0 Å². The number of nitriles is 1. The van der Waals surface area contributed by atoms with Crippen LogP contribution in [-0.2, 0) is 24.3 Å². The maximum absolute atomic E-state index is 12.6. The molecule has 0 N–H and O–H groups in total. The van der Waals surface area contributed by atoms with E-state index in [9.17, 15) is 10.1 Å². The Morgan fingerprint density at radius 2 is 2.00 bits per heavy atom. The second-order valence-corrected chi connectivity index (χ2v) is 7.24. The van der Waals surface area contributed by atoms with Crippen LogP contribution in [-0.4, -0.2) is 21.6 Å². The molecule has 0 unspecified atom stereocenters. The van der Waals surface area contributed by atoms with Crippen molar-refractivity contribution >= 4 is 10.8 Å². The Kier molecular flexibility index (Phi) is 4.62. The van der Waals surface area contributed by atoms with Crippen LogP contribution in [0.4, 0.5) is 0 Å². The highest BCUT2D eigenvalue weighted by Crippen LogP contribution is 2.34. The van der Waals surface area contributed by atoms with Crippen LogP contribution in [0.15, 0.2) is 57.7 Å². The minimum absolute atomic E-state index is 0.354. The molecule has 5 rings (SSSR count). The molecule has 30 heavy (non-hydrogen) atoms. The lowest BCUT2D eigenvalue weighted by atomic mass is 9.98. The number of fused-ring (bicyclic) bond motifs is 5. The first-order valence-electron chi connectivity index (χ1n) is 9.79. The quantitative estimate of drug-likeness (QED) is 0.513. The summed E-state index contributed by atoms with van der Waals surface area (Å²) in [5, 5.41) is 19.3. The summed E-state index contributed by atoms with van der Waals surface area (Å²) in [5.74, 6) is 0.557. The Labute approximate surface area is 172 Å². The SMILES string of the molecule is N#Cc1ccc2c(=O)oc3c(c2c1)-c1nnn(Cc2ccccc2)c1COCCC3. The van der Waals surface area contributed by atoms with Gasteiger partial charge in [0.1, 0.15) is 11.5 Å². The molecule has 2 aromatic heterocycles. The Hall–Kier alpha value is -3.76. The van der Waals surface area contributed by atoms with Crippen LogP contribution in [0.5, 0.6) is 0 Å². The third-order valence-corrected chi connectivity index (χ3v) is 5.31. The van der Waals surface area contributed by atoms with Crippen molar-refractivity contribution in [2.24, 2.45) is 0 Å². The summed E-state index contributed by atoms with van der Waals surface area (Å²) in [4.78, 5) is 12.6. The fourth-order valence-corrected chi connectivity index (χ4v) is 3.86. The maximum atomic E-state index is 12.6. The van der Waals surface area contributed by atoms with Gasteiger partial charge in [-0.3, -0.25) is 0 Å². The van der Waals surface area contributed by atoms with E-state index in [2.05, 4.69) is 16.4 Å². The summed E-state index contributed by atoms with van der Waals surface area (Å²) < 4.78 is 13.4. The van der Waals surface area contributed by atoms with Crippen molar-refractivity contribution in [3.05, 3.63) is 81.5 Å². The molecule has 7 heteroatoms. The lowest BCUT2D eigenvalue weighted by Crippen LogP contribution is -2.09. The molecule has 0 saturated carbocycles. The van der Waals surface area contributed by atoms with Gasteiger partial charge < -0.3 is 9.15 Å². The number of aryl methyl sites for hydroxylation is 1. The molecule has 0 fully saturated rings. The lowest BCUT2D eigenvalue weighted by molar-refractivity contribution is 0.113. The number of ether oxygens (including phenoxy) is 1. The summed E-state index contributed by atoms with van der Waals surface area (Å²) in [6.45, 7) is 1.45. The molecule has 4 aromatic rings. The van der Waals surface area contributed by atoms with Crippen LogP contribution >= 0.6 is 0 Å². The smallest absolute Gasteiger partial charge is 0.343 e. The molecule has 0 atom stereocenters.